The second kappa shape index (κ2) is 7.09. The van der Waals surface area contributed by atoms with Gasteiger partial charge >= 0.3 is 0 Å². The van der Waals surface area contributed by atoms with Crippen molar-refractivity contribution >= 4 is 0 Å². The number of ether oxygens (including phenoxy) is 2. The van der Waals surface area contributed by atoms with Crippen molar-refractivity contribution in [2.75, 3.05) is 13.7 Å². The minimum Gasteiger partial charge on any atom is -0.497 e. The molecule has 112 valence electrons. The Morgan fingerprint density at radius 3 is 2.50 bits per heavy atom. The van der Waals surface area contributed by atoms with Gasteiger partial charge in [-0.25, -0.2) is 0 Å². The van der Waals surface area contributed by atoms with Gasteiger partial charge in [0, 0.05) is 18.7 Å². The molecular weight excluding hydrogens is 250 g/mol. The zero-order valence-corrected chi connectivity index (χ0v) is 13.1. The molecule has 0 spiro atoms. The summed E-state index contributed by atoms with van der Waals surface area (Å²) in [7, 11) is 1.70. The van der Waals surface area contributed by atoms with Crippen molar-refractivity contribution < 1.29 is 9.47 Å². The van der Waals surface area contributed by atoms with Gasteiger partial charge in [0.2, 0.25) is 0 Å². The van der Waals surface area contributed by atoms with Crippen LogP contribution in [0, 0.1) is 5.92 Å². The second-order valence-electron chi connectivity index (χ2n) is 6.04. The predicted octanol–water partition coefficient (Wildman–Crippen LogP) is 3.55. The van der Waals surface area contributed by atoms with Crippen molar-refractivity contribution in [3.63, 3.8) is 0 Å². The Bertz CT molecular complexity index is 402. The summed E-state index contributed by atoms with van der Waals surface area (Å²) in [4.78, 5) is 0. The highest BCUT2D eigenvalue weighted by molar-refractivity contribution is 5.28. The van der Waals surface area contributed by atoms with E-state index in [1.54, 1.807) is 7.11 Å². The Balaban J connectivity index is 1.91. The van der Waals surface area contributed by atoms with E-state index in [-0.39, 0.29) is 0 Å². The highest BCUT2D eigenvalue weighted by Crippen LogP contribution is 2.23. The fourth-order valence-electron chi connectivity index (χ4n) is 2.79. The van der Waals surface area contributed by atoms with Crippen LogP contribution in [0.1, 0.15) is 45.2 Å². The topological polar surface area (TPSA) is 30.5 Å². The first-order valence-corrected chi connectivity index (χ1v) is 7.61. The molecule has 1 aliphatic heterocycles. The van der Waals surface area contributed by atoms with Gasteiger partial charge in [-0.2, -0.15) is 0 Å². The lowest BCUT2D eigenvalue weighted by molar-refractivity contribution is -0.0256. The van der Waals surface area contributed by atoms with E-state index in [0.29, 0.717) is 24.1 Å². The smallest absolute Gasteiger partial charge is 0.118 e. The van der Waals surface area contributed by atoms with Gasteiger partial charge in [0.25, 0.3) is 0 Å². The molecule has 0 aliphatic carbocycles. The molecule has 2 rings (SSSR count). The summed E-state index contributed by atoms with van der Waals surface area (Å²) in [5, 5.41) is 3.74. The highest BCUT2D eigenvalue weighted by atomic mass is 16.5. The fourth-order valence-corrected chi connectivity index (χ4v) is 2.79. The maximum Gasteiger partial charge on any atom is 0.118 e. The number of hydrogen-bond acceptors (Lipinski definition) is 3. The number of hydrogen-bond donors (Lipinski definition) is 1. The molecule has 3 atom stereocenters. The molecule has 0 amide bonds. The third-order valence-corrected chi connectivity index (χ3v) is 4.16. The summed E-state index contributed by atoms with van der Waals surface area (Å²) in [5.74, 6) is 1.50. The number of methoxy groups -OCH3 is 1. The molecule has 0 radical (unpaired) electrons. The van der Waals surface area contributed by atoms with E-state index in [1.165, 1.54) is 5.56 Å². The first-order valence-electron chi connectivity index (χ1n) is 7.61. The fraction of sp³-hybridized carbons (Fsp3) is 0.647. The second-order valence-corrected chi connectivity index (χ2v) is 6.04. The Hall–Kier alpha value is -1.06. The first-order chi connectivity index (χ1) is 9.60. The Morgan fingerprint density at radius 1 is 1.20 bits per heavy atom. The molecule has 3 unspecified atom stereocenters. The van der Waals surface area contributed by atoms with Gasteiger partial charge in [0.15, 0.2) is 0 Å². The molecule has 3 heteroatoms. The molecule has 0 saturated carbocycles. The quantitative estimate of drug-likeness (QED) is 0.893. The standard InChI is InChI=1S/C17H27NO2/c1-12(2)17-11-15(9-10-20-17)18-13(3)14-5-7-16(19-4)8-6-14/h5-8,12-13,15,17-18H,9-11H2,1-4H3. The van der Waals surface area contributed by atoms with Gasteiger partial charge in [-0.15, -0.1) is 0 Å². The van der Waals surface area contributed by atoms with E-state index in [9.17, 15) is 0 Å². The van der Waals surface area contributed by atoms with Crippen LogP contribution in [0.15, 0.2) is 24.3 Å². The van der Waals surface area contributed by atoms with Crippen molar-refractivity contribution in [3.8, 4) is 5.75 Å². The van der Waals surface area contributed by atoms with Gasteiger partial charge < -0.3 is 14.8 Å². The summed E-state index contributed by atoms with van der Waals surface area (Å²) >= 11 is 0. The maximum absolute atomic E-state index is 5.83. The monoisotopic (exact) mass is 277 g/mol. The zero-order chi connectivity index (χ0) is 14.5. The van der Waals surface area contributed by atoms with Crippen LogP contribution >= 0.6 is 0 Å². The first kappa shape index (κ1) is 15.3. The van der Waals surface area contributed by atoms with Crippen molar-refractivity contribution in [3.05, 3.63) is 29.8 Å². The Morgan fingerprint density at radius 2 is 1.90 bits per heavy atom. The largest absolute Gasteiger partial charge is 0.497 e. The van der Waals surface area contributed by atoms with E-state index in [2.05, 4.69) is 38.2 Å². The van der Waals surface area contributed by atoms with Crippen LogP contribution < -0.4 is 10.1 Å². The highest BCUT2D eigenvalue weighted by Gasteiger charge is 2.25. The van der Waals surface area contributed by atoms with Gasteiger partial charge in [0.05, 0.1) is 13.2 Å². The van der Waals surface area contributed by atoms with Gasteiger partial charge in [-0.05, 0) is 43.4 Å². The molecule has 0 aromatic heterocycles. The van der Waals surface area contributed by atoms with Crippen LogP contribution in [0.5, 0.6) is 5.75 Å². The molecule has 1 saturated heterocycles. The van der Waals surface area contributed by atoms with Gasteiger partial charge in [-0.1, -0.05) is 26.0 Å². The lowest BCUT2D eigenvalue weighted by Gasteiger charge is -2.34. The van der Waals surface area contributed by atoms with Crippen LogP contribution in [0.25, 0.3) is 0 Å². The van der Waals surface area contributed by atoms with Gasteiger partial charge in [-0.3, -0.25) is 0 Å². The van der Waals surface area contributed by atoms with E-state index >= 15 is 0 Å². The van der Waals surface area contributed by atoms with E-state index < -0.39 is 0 Å². The SMILES string of the molecule is COc1ccc(C(C)NC2CCOC(C(C)C)C2)cc1. The van der Waals surface area contributed by atoms with E-state index in [0.717, 1.165) is 25.2 Å². The Kier molecular flexibility index (Phi) is 5.44. The predicted molar refractivity (Wildman–Crippen MR) is 82.1 cm³/mol. The molecule has 0 bridgehead atoms. The lowest BCUT2D eigenvalue weighted by atomic mass is 9.94. The average Bonchev–Trinajstić information content (AvgIpc) is 2.47. The third kappa shape index (κ3) is 3.97. The van der Waals surface area contributed by atoms with Crippen LogP contribution in [-0.2, 0) is 4.74 Å². The summed E-state index contributed by atoms with van der Waals surface area (Å²) < 4.78 is 11.0. The average molecular weight is 277 g/mol. The van der Waals surface area contributed by atoms with Crippen molar-refractivity contribution in [1.82, 2.24) is 5.32 Å². The minimum absolute atomic E-state index is 0.358. The van der Waals surface area contributed by atoms with Crippen molar-refractivity contribution in [2.24, 2.45) is 5.92 Å². The third-order valence-electron chi connectivity index (χ3n) is 4.16. The minimum atomic E-state index is 0.358. The molecule has 3 nitrogen and oxygen atoms in total. The molecule has 1 heterocycles. The molecule has 20 heavy (non-hydrogen) atoms. The number of benzene rings is 1. The lowest BCUT2D eigenvalue weighted by Crippen LogP contribution is -2.41. The van der Waals surface area contributed by atoms with Crippen LogP contribution in [0.3, 0.4) is 0 Å². The summed E-state index contributed by atoms with van der Waals surface area (Å²) in [6, 6.07) is 9.22. The summed E-state index contributed by atoms with van der Waals surface area (Å²) in [6.07, 6.45) is 2.60. The molecule has 1 fully saturated rings. The van der Waals surface area contributed by atoms with Crippen LogP contribution in [0.2, 0.25) is 0 Å². The van der Waals surface area contributed by atoms with Crippen molar-refractivity contribution in [2.45, 2.75) is 51.8 Å². The summed E-state index contributed by atoms with van der Waals surface area (Å²) in [5.41, 5.74) is 1.30. The molecule has 1 N–H and O–H groups in total. The zero-order valence-electron chi connectivity index (χ0n) is 13.1. The van der Waals surface area contributed by atoms with Crippen molar-refractivity contribution in [1.29, 1.82) is 0 Å². The normalized spacial score (nSPS) is 24.6. The van der Waals surface area contributed by atoms with Gasteiger partial charge in [0.1, 0.15) is 5.75 Å². The van der Waals surface area contributed by atoms with Crippen LogP contribution in [0.4, 0.5) is 0 Å². The molecule has 1 aliphatic rings. The summed E-state index contributed by atoms with van der Waals surface area (Å²) in [6.45, 7) is 7.57. The molecule has 1 aromatic rings. The Labute approximate surface area is 122 Å². The molecular formula is C17H27NO2. The van der Waals surface area contributed by atoms with E-state index in [1.807, 2.05) is 12.1 Å². The number of nitrogens with one attached hydrogen (secondary N) is 1. The molecule has 1 aromatic carbocycles. The van der Waals surface area contributed by atoms with Crippen LogP contribution in [-0.4, -0.2) is 25.9 Å². The van der Waals surface area contributed by atoms with E-state index in [4.69, 9.17) is 9.47 Å². The number of rotatable bonds is 5. The maximum atomic E-state index is 5.83.